The molecule has 0 aliphatic carbocycles. The summed E-state index contributed by atoms with van der Waals surface area (Å²) in [7, 11) is 0. The Labute approximate surface area is 87.5 Å². The van der Waals surface area contributed by atoms with Crippen LogP contribution < -0.4 is 0 Å². The van der Waals surface area contributed by atoms with Gasteiger partial charge in [0.05, 0.1) is 0 Å². The number of hydrogen-bond acceptors (Lipinski definition) is 2. The maximum atomic E-state index is 10.3. The number of carbonyl (C=O) groups is 1. The normalized spacial score (nSPS) is 10.9. The molecule has 0 atom stereocenters. The summed E-state index contributed by atoms with van der Waals surface area (Å²) in [6.45, 7) is 0. The minimum Gasteiger partial charge on any atom is -0.507 e. The van der Waals surface area contributed by atoms with Gasteiger partial charge in [-0.2, -0.15) is 0 Å². The largest absolute Gasteiger partial charge is 0.507 e. The summed E-state index contributed by atoms with van der Waals surface area (Å²) in [5, 5.41) is 11.7. The Kier molecular flexibility index (Phi) is 2.50. The summed E-state index contributed by atoms with van der Waals surface area (Å²) in [6.07, 6.45) is 3.69. The molecule has 0 heterocycles. The fourth-order valence-electron chi connectivity index (χ4n) is 1.59. The Morgan fingerprint density at radius 2 is 1.87 bits per heavy atom. The molecule has 0 aliphatic rings. The Bertz CT molecular complexity index is 527. The summed E-state index contributed by atoms with van der Waals surface area (Å²) in [6, 6.07) is 11.2. The number of allylic oxidation sites excluding steroid dienone is 1. The number of hydrogen-bond donors (Lipinski definition) is 1. The van der Waals surface area contributed by atoms with Gasteiger partial charge >= 0.3 is 0 Å². The first-order valence-electron chi connectivity index (χ1n) is 4.65. The van der Waals surface area contributed by atoms with Gasteiger partial charge in [-0.3, -0.25) is 4.79 Å². The number of fused-ring (bicyclic) bond motifs is 1. The first kappa shape index (κ1) is 9.46. The van der Waals surface area contributed by atoms with E-state index in [0.29, 0.717) is 11.8 Å². The van der Waals surface area contributed by atoms with Gasteiger partial charge in [0.25, 0.3) is 0 Å². The van der Waals surface area contributed by atoms with E-state index in [2.05, 4.69) is 0 Å². The Hall–Kier alpha value is -2.09. The highest BCUT2D eigenvalue weighted by atomic mass is 16.3. The zero-order chi connectivity index (χ0) is 10.7. The van der Waals surface area contributed by atoms with Crippen molar-refractivity contribution in [3.05, 3.63) is 48.0 Å². The SMILES string of the molecule is O=CC=Cc1c(O)ccc2ccccc12. The number of benzene rings is 2. The summed E-state index contributed by atoms with van der Waals surface area (Å²) in [5.41, 5.74) is 0.681. The quantitative estimate of drug-likeness (QED) is 0.595. The molecule has 0 aromatic heterocycles. The van der Waals surface area contributed by atoms with E-state index in [1.54, 1.807) is 12.1 Å². The predicted octanol–water partition coefficient (Wildman–Crippen LogP) is 2.76. The van der Waals surface area contributed by atoms with Gasteiger partial charge in [0.1, 0.15) is 12.0 Å². The summed E-state index contributed by atoms with van der Waals surface area (Å²) in [5.74, 6) is 0.187. The molecule has 0 fully saturated rings. The lowest BCUT2D eigenvalue weighted by Gasteiger charge is -2.04. The molecule has 15 heavy (non-hydrogen) atoms. The number of phenols is 1. The van der Waals surface area contributed by atoms with E-state index in [9.17, 15) is 9.90 Å². The molecular weight excluding hydrogens is 188 g/mol. The van der Waals surface area contributed by atoms with Crippen LogP contribution >= 0.6 is 0 Å². The molecular formula is C13H10O2. The maximum absolute atomic E-state index is 10.3. The number of rotatable bonds is 2. The van der Waals surface area contributed by atoms with Crippen molar-refractivity contribution in [1.29, 1.82) is 0 Å². The highest BCUT2D eigenvalue weighted by Gasteiger charge is 2.02. The van der Waals surface area contributed by atoms with Crippen LogP contribution in [0.25, 0.3) is 16.8 Å². The van der Waals surface area contributed by atoms with Gasteiger partial charge in [-0.25, -0.2) is 0 Å². The van der Waals surface area contributed by atoms with Crippen LogP contribution in [0.15, 0.2) is 42.5 Å². The van der Waals surface area contributed by atoms with Crippen LogP contribution in [-0.4, -0.2) is 11.4 Å². The third-order valence-corrected chi connectivity index (χ3v) is 2.29. The van der Waals surface area contributed by atoms with E-state index in [1.165, 1.54) is 6.08 Å². The lowest BCUT2D eigenvalue weighted by Crippen LogP contribution is -1.79. The standard InChI is InChI=1S/C13H10O2/c14-9-3-6-12-11-5-2-1-4-10(11)7-8-13(12)15/h1-9,15H. The lowest BCUT2D eigenvalue weighted by atomic mass is 10.0. The smallest absolute Gasteiger partial charge is 0.142 e. The molecule has 0 unspecified atom stereocenters. The van der Waals surface area contributed by atoms with Crippen LogP contribution in [0.5, 0.6) is 5.75 Å². The van der Waals surface area contributed by atoms with Gasteiger partial charge in [0.2, 0.25) is 0 Å². The second-order valence-electron chi connectivity index (χ2n) is 3.21. The molecule has 1 N–H and O–H groups in total. The van der Waals surface area contributed by atoms with Crippen LogP contribution in [0, 0.1) is 0 Å². The zero-order valence-electron chi connectivity index (χ0n) is 8.05. The van der Waals surface area contributed by atoms with Gasteiger partial charge in [0.15, 0.2) is 0 Å². The van der Waals surface area contributed by atoms with Crippen molar-refractivity contribution in [2.75, 3.05) is 0 Å². The lowest BCUT2D eigenvalue weighted by molar-refractivity contribution is -0.104. The fourth-order valence-corrected chi connectivity index (χ4v) is 1.59. The number of aromatic hydroxyl groups is 1. The maximum Gasteiger partial charge on any atom is 0.142 e. The van der Waals surface area contributed by atoms with Crippen LogP contribution in [0.2, 0.25) is 0 Å². The van der Waals surface area contributed by atoms with Crippen molar-refractivity contribution in [1.82, 2.24) is 0 Å². The molecule has 0 radical (unpaired) electrons. The van der Waals surface area contributed by atoms with E-state index in [4.69, 9.17) is 0 Å². The second kappa shape index (κ2) is 3.96. The highest BCUT2D eigenvalue weighted by molar-refractivity contribution is 5.94. The van der Waals surface area contributed by atoms with Crippen molar-refractivity contribution < 1.29 is 9.90 Å². The Morgan fingerprint density at radius 3 is 2.67 bits per heavy atom. The van der Waals surface area contributed by atoms with Gasteiger partial charge in [-0.1, -0.05) is 30.3 Å². The molecule has 0 bridgehead atoms. The molecule has 0 spiro atoms. The van der Waals surface area contributed by atoms with E-state index in [1.807, 2.05) is 30.3 Å². The molecule has 2 rings (SSSR count). The molecule has 0 aliphatic heterocycles. The van der Waals surface area contributed by atoms with Crippen LogP contribution in [0.1, 0.15) is 5.56 Å². The monoisotopic (exact) mass is 198 g/mol. The van der Waals surface area contributed by atoms with Crippen molar-refractivity contribution in [3.8, 4) is 5.75 Å². The van der Waals surface area contributed by atoms with E-state index < -0.39 is 0 Å². The van der Waals surface area contributed by atoms with E-state index >= 15 is 0 Å². The third-order valence-electron chi connectivity index (χ3n) is 2.29. The van der Waals surface area contributed by atoms with Crippen LogP contribution in [0.4, 0.5) is 0 Å². The van der Waals surface area contributed by atoms with Crippen molar-refractivity contribution in [3.63, 3.8) is 0 Å². The van der Waals surface area contributed by atoms with Crippen LogP contribution in [0.3, 0.4) is 0 Å². The second-order valence-corrected chi connectivity index (χ2v) is 3.21. The average molecular weight is 198 g/mol. The Balaban J connectivity index is 2.73. The molecule has 74 valence electrons. The first-order chi connectivity index (χ1) is 7.33. The first-order valence-corrected chi connectivity index (χ1v) is 4.65. The molecule has 0 saturated carbocycles. The molecule has 2 aromatic carbocycles. The van der Waals surface area contributed by atoms with E-state index in [0.717, 1.165) is 10.8 Å². The summed E-state index contributed by atoms with van der Waals surface area (Å²) < 4.78 is 0. The summed E-state index contributed by atoms with van der Waals surface area (Å²) >= 11 is 0. The van der Waals surface area contributed by atoms with Gasteiger partial charge < -0.3 is 5.11 Å². The highest BCUT2D eigenvalue weighted by Crippen LogP contribution is 2.27. The number of aldehydes is 1. The average Bonchev–Trinajstić information content (AvgIpc) is 2.28. The van der Waals surface area contributed by atoms with Gasteiger partial charge in [0, 0.05) is 5.56 Å². The molecule has 2 nitrogen and oxygen atoms in total. The van der Waals surface area contributed by atoms with Gasteiger partial charge in [-0.15, -0.1) is 0 Å². The van der Waals surface area contributed by atoms with Crippen molar-refractivity contribution in [2.24, 2.45) is 0 Å². The van der Waals surface area contributed by atoms with Crippen molar-refractivity contribution >= 4 is 23.1 Å². The fraction of sp³-hybridized carbons (Fsp3) is 0. The Morgan fingerprint density at radius 1 is 1.07 bits per heavy atom. The van der Waals surface area contributed by atoms with Gasteiger partial charge in [-0.05, 0) is 29.0 Å². The minimum atomic E-state index is 0.187. The predicted molar refractivity (Wildman–Crippen MR) is 60.7 cm³/mol. The topological polar surface area (TPSA) is 37.3 Å². The zero-order valence-corrected chi connectivity index (χ0v) is 8.05. The molecule has 0 saturated heterocycles. The minimum absolute atomic E-state index is 0.187. The molecule has 2 heteroatoms. The summed E-state index contributed by atoms with van der Waals surface area (Å²) in [4.78, 5) is 10.3. The van der Waals surface area contributed by atoms with E-state index in [-0.39, 0.29) is 5.75 Å². The number of phenolic OH excluding ortho intramolecular Hbond substituents is 1. The number of carbonyl (C=O) groups excluding carboxylic acids is 1. The van der Waals surface area contributed by atoms with Crippen LogP contribution in [-0.2, 0) is 4.79 Å². The molecule has 2 aromatic rings. The third kappa shape index (κ3) is 1.74. The van der Waals surface area contributed by atoms with Crippen molar-refractivity contribution in [2.45, 2.75) is 0 Å². The molecule has 0 amide bonds.